The average molecular weight is 1240 g/mol. The maximum absolute atomic E-state index is 3.78. The van der Waals surface area contributed by atoms with Crippen LogP contribution in [0.1, 0.15) is 216 Å². The first-order valence-corrected chi connectivity index (χ1v) is 33.4. The Kier molecular flexibility index (Phi) is 14.6. The third-order valence-electron chi connectivity index (χ3n) is 20.9. The fourth-order valence-electron chi connectivity index (χ4n) is 15.2. The van der Waals surface area contributed by atoms with E-state index in [1.54, 1.807) is 0 Å². The molecule has 0 heterocycles. The highest BCUT2D eigenvalue weighted by Gasteiger charge is 2.47. The lowest BCUT2D eigenvalue weighted by atomic mass is 9.68. The van der Waals surface area contributed by atoms with Crippen LogP contribution in [0.4, 0.5) is 28.4 Å². The summed E-state index contributed by atoms with van der Waals surface area (Å²) >= 11 is 3.78. The fourth-order valence-corrected chi connectivity index (χ4v) is 15.7. The molecule has 0 unspecified atom stereocenters. The predicted octanol–water partition coefficient (Wildman–Crippen LogP) is 25.0. The molecular formula is C86H95BrN2. The molecule has 0 aromatic heterocycles. The van der Waals surface area contributed by atoms with Gasteiger partial charge in [-0.1, -0.05) is 251 Å². The monoisotopic (exact) mass is 1230 g/mol. The van der Waals surface area contributed by atoms with E-state index in [0.717, 1.165) is 11.4 Å². The van der Waals surface area contributed by atoms with Gasteiger partial charge in [-0.2, -0.15) is 0 Å². The Labute approximate surface area is 542 Å². The quantitative estimate of drug-likeness (QED) is 0.185. The zero-order valence-corrected chi connectivity index (χ0v) is 59.1. The molecule has 10 aromatic rings. The minimum Gasteiger partial charge on any atom is -0.356 e. The van der Waals surface area contributed by atoms with Crippen LogP contribution in [0, 0.1) is 13.8 Å². The zero-order valence-electron chi connectivity index (χ0n) is 57.5. The Morgan fingerprint density at radius 3 is 0.910 bits per heavy atom. The molecule has 0 saturated heterocycles. The summed E-state index contributed by atoms with van der Waals surface area (Å²) in [6.07, 6.45) is 0. The minimum atomic E-state index is -0.129. The van der Waals surface area contributed by atoms with E-state index in [0.29, 0.717) is 0 Å². The van der Waals surface area contributed by atoms with E-state index in [4.69, 9.17) is 0 Å². The van der Waals surface area contributed by atoms with E-state index in [2.05, 4.69) is 348 Å². The number of hydrogen-bond acceptors (Lipinski definition) is 2. The van der Waals surface area contributed by atoms with Crippen LogP contribution in [0.3, 0.4) is 0 Å². The number of rotatable bonds is 5. The fraction of sp³-hybridized carbons (Fsp3) is 0.349. The highest BCUT2D eigenvalue weighted by molar-refractivity contribution is 9.10. The second kappa shape index (κ2) is 20.9. The molecule has 89 heavy (non-hydrogen) atoms. The summed E-state index contributed by atoms with van der Waals surface area (Å²) in [6, 6.07) is 64.2. The molecule has 0 amide bonds. The van der Waals surface area contributed by atoms with Crippen LogP contribution in [-0.4, -0.2) is 0 Å². The summed E-state index contributed by atoms with van der Waals surface area (Å²) in [6.45, 7) is 50.9. The summed E-state index contributed by atoms with van der Waals surface area (Å²) in [7, 11) is 0. The van der Waals surface area contributed by atoms with Crippen LogP contribution in [-0.2, 0) is 43.3 Å². The van der Waals surface area contributed by atoms with Crippen molar-refractivity contribution in [3.05, 3.63) is 252 Å². The maximum Gasteiger partial charge on any atom is 0.0468 e. The van der Waals surface area contributed by atoms with Gasteiger partial charge >= 0.3 is 0 Å². The zero-order chi connectivity index (χ0) is 64.2. The van der Waals surface area contributed by atoms with Crippen molar-refractivity contribution in [1.29, 1.82) is 0 Å². The van der Waals surface area contributed by atoms with Gasteiger partial charge in [-0.25, -0.2) is 0 Å². The van der Waals surface area contributed by atoms with Crippen molar-refractivity contribution >= 4 is 65.9 Å². The second-order valence-corrected chi connectivity index (χ2v) is 33.6. The lowest BCUT2D eigenvalue weighted by Crippen LogP contribution is -2.25. The standard InChI is InChI=1S/C43H47N.C23H21Br.C20H27N/c1-26-23-34-39-37-32(26)13-12-14-33(37)42(8,9)35-24-31(25-36(38(35)39)43(34,10)11)44(29-19-15-27(16-20-29)40(2,3)4)30-21-17-28(18-22-30)41(5,6)7;1-12-9-16-21-19-14(12)7-6-8-15(19)22(2,3)17-10-13(24)11-18(20(17)21)23(16,4)5;1-19(2,3)15-7-11-17(12-8-15)21-18-13-9-16(10-14-18)20(4,5)6/h12-25H,1-11H3;6-11H,1-5H3;7-14,21H,1-6H3. The molecule has 0 radical (unpaired) electrons. The van der Waals surface area contributed by atoms with Crippen LogP contribution in [0.2, 0.25) is 0 Å². The van der Waals surface area contributed by atoms with E-state index in [1.165, 1.54) is 143 Å². The molecule has 0 saturated carbocycles. The van der Waals surface area contributed by atoms with Gasteiger partial charge < -0.3 is 10.2 Å². The largest absolute Gasteiger partial charge is 0.356 e. The summed E-state index contributed by atoms with van der Waals surface area (Å²) in [4.78, 5) is 2.48. The van der Waals surface area contributed by atoms with E-state index >= 15 is 0 Å². The molecule has 1 N–H and O–H groups in total. The maximum atomic E-state index is 3.78. The molecule has 0 atom stereocenters. The highest BCUT2D eigenvalue weighted by atomic mass is 79.9. The first-order chi connectivity index (χ1) is 41.4. The van der Waals surface area contributed by atoms with Gasteiger partial charge in [0.1, 0.15) is 0 Å². The molecule has 4 aliphatic rings. The molecule has 0 aliphatic heterocycles. The highest BCUT2D eigenvalue weighted by Crippen LogP contribution is 2.63. The molecule has 0 bridgehead atoms. The van der Waals surface area contributed by atoms with Gasteiger partial charge in [0.2, 0.25) is 0 Å². The summed E-state index contributed by atoms with van der Waals surface area (Å²) in [5.74, 6) is 0. The summed E-state index contributed by atoms with van der Waals surface area (Å²) in [5.41, 5.74) is 32.1. The first kappa shape index (κ1) is 62.0. The van der Waals surface area contributed by atoms with Gasteiger partial charge in [-0.05, 0) is 230 Å². The molecular weight excluding hydrogens is 1140 g/mol. The number of hydrogen-bond donors (Lipinski definition) is 1. The molecule has 14 rings (SSSR count). The third-order valence-corrected chi connectivity index (χ3v) is 21.3. The molecule has 2 nitrogen and oxygen atoms in total. The van der Waals surface area contributed by atoms with Gasteiger partial charge in [0.05, 0.1) is 0 Å². The normalized spacial score (nSPS) is 15.7. The lowest BCUT2D eigenvalue weighted by Gasteiger charge is -2.37. The Morgan fingerprint density at radius 2 is 0.596 bits per heavy atom. The van der Waals surface area contributed by atoms with Crippen molar-refractivity contribution < 1.29 is 0 Å². The van der Waals surface area contributed by atoms with E-state index < -0.39 is 0 Å². The first-order valence-electron chi connectivity index (χ1n) is 32.6. The molecule has 4 aliphatic carbocycles. The smallest absolute Gasteiger partial charge is 0.0468 e. The Bertz CT molecular complexity index is 4350. The number of aryl methyl sites for hydroxylation is 2. The molecule has 456 valence electrons. The Hall–Kier alpha value is -7.20. The van der Waals surface area contributed by atoms with Crippen molar-refractivity contribution in [1.82, 2.24) is 0 Å². The van der Waals surface area contributed by atoms with Gasteiger partial charge in [-0.15, -0.1) is 0 Å². The van der Waals surface area contributed by atoms with Crippen molar-refractivity contribution in [2.24, 2.45) is 0 Å². The molecule has 0 spiro atoms. The number of halogens is 1. The Morgan fingerprint density at radius 1 is 0.315 bits per heavy atom. The van der Waals surface area contributed by atoms with Gasteiger partial charge in [0, 0.05) is 54.6 Å². The van der Waals surface area contributed by atoms with Crippen LogP contribution in [0.15, 0.2) is 174 Å². The van der Waals surface area contributed by atoms with Crippen LogP contribution in [0.5, 0.6) is 0 Å². The van der Waals surface area contributed by atoms with Crippen molar-refractivity contribution in [3.8, 4) is 22.3 Å². The molecule has 0 fully saturated rings. The van der Waals surface area contributed by atoms with Gasteiger partial charge in [0.15, 0.2) is 0 Å². The van der Waals surface area contributed by atoms with Crippen LogP contribution >= 0.6 is 15.9 Å². The van der Waals surface area contributed by atoms with Crippen molar-refractivity contribution in [3.63, 3.8) is 0 Å². The van der Waals surface area contributed by atoms with Gasteiger partial charge in [0.25, 0.3) is 0 Å². The molecule has 10 aromatic carbocycles. The van der Waals surface area contributed by atoms with E-state index in [1.807, 2.05) is 0 Å². The van der Waals surface area contributed by atoms with Crippen LogP contribution < -0.4 is 10.2 Å². The van der Waals surface area contributed by atoms with E-state index in [-0.39, 0.29) is 43.3 Å². The number of anilines is 5. The molecule has 3 heteroatoms. The SMILES string of the molecule is CC(C)(C)c1ccc(Nc2ccc(C(C)(C)C)cc2)cc1.Cc1cc2c3c4c(cccc14)C(C)(C)c1cc(Br)cc(c1-3)C2(C)C.Cc1cc2c3c4c(cccc14)C(C)(C)c1cc(N(c4ccc(C(C)(C)C)cc4)c4ccc(C(C)(C)C)cc4)cc(c1-3)C2(C)C. The van der Waals surface area contributed by atoms with Crippen molar-refractivity contribution in [2.75, 3.05) is 10.2 Å². The summed E-state index contributed by atoms with van der Waals surface area (Å²) in [5, 5.41) is 9.22. The van der Waals surface area contributed by atoms with E-state index in [9.17, 15) is 0 Å². The topological polar surface area (TPSA) is 15.3 Å². The van der Waals surface area contributed by atoms with Crippen LogP contribution in [0.25, 0.3) is 43.8 Å². The third kappa shape index (κ3) is 10.3. The lowest BCUT2D eigenvalue weighted by molar-refractivity contribution is 0.590. The summed E-state index contributed by atoms with van der Waals surface area (Å²) < 4.78 is 1.19. The number of nitrogens with one attached hydrogen (secondary N) is 1. The average Bonchev–Trinajstić information content (AvgIpc) is 1.58. The Balaban J connectivity index is 0.000000143. The predicted molar refractivity (Wildman–Crippen MR) is 390 cm³/mol. The number of nitrogens with zero attached hydrogens (tertiary/aromatic N) is 1. The number of benzene rings is 10. The minimum absolute atomic E-state index is 0.0197. The van der Waals surface area contributed by atoms with Crippen molar-refractivity contribution in [2.45, 2.75) is 196 Å². The second-order valence-electron chi connectivity index (χ2n) is 32.7. The van der Waals surface area contributed by atoms with Gasteiger partial charge in [-0.3, -0.25) is 0 Å².